The summed E-state index contributed by atoms with van der Waals surface area (Å²) in [6, 6.07) is 13.9. The van der Waals surface area contributed by atoms with Crippen molar-refractivity contribution in [3.05, 3.63) is 65.2 Å². The molecule has 0 radical (unpaired) electrons. The monoisotopic (exact) mass is 238 g/mol. The molecule has 0 heterocycles. The quantitative estimate of drug-likeness (QED) is 0.789. The molecule has 2 aromatic rings. The van der Waals surface area contributed by atoms with Gasteiger partial charge in [0.15, 0.2) is 5.60 Å². The van der Waals surface area contributed by atoms with E-state index in [9.17, 15) is 10.2 Å². The Bertz CT molecular complexity index is 596. The zero-order valence-electron chi connectivity index (χ0n) is 10.1. The number of hydrogen-bond donors (Lipinski definition) is 2. The molecule has 0 spiro atoms. The molecule has 1 atom stereocenters. The summed E-state index contributed by atoms with van der Waals surface area (Å²) >= 11 is 0. The molecule has 2 heteroatoms. The highest BCUT2D eigenvalue weighted by Gasteiger charge is 2.31. The van der Waals surface area contributed by atoms with Crippen molar-refractivity contribution in [2.75, 3.05) is 0 Å². The fourth-order valence-electron chi connectivity index (χ4n) is 1.94. The third kappa shape index (κ3) is 1.97. The van der Waals surface area contributed by atoms with Gasteiger partial charge in [0.2, 0.25) is 0 Å². The van der Waals surface area contributed by atoms with Gasteiger partial charge in [0.25, 0.3) is 0 Å². The third-order valence-electron chi connectivity index (χ3n) is 2.94. The van der Waals surface area contributed by atoms with Crippen molar-refractivity contribution >= 4 is 0 Å². The molecule has 0 fully saturated rings. The predicted octanol–water partition coefficient (Wildman–Crippen LogP) is 2.57. The lowest BCUT2D eigenvalue weighted by Crippen LogP contribution is -2.25. The maximum absolute atomic E-state index is 10.7. The van der Waals surface area contributed by atoms with Crippen LogP contribution in [-0.2, 0) is 5.60 Å². The van der Waals surface area contributed by atoms with Gasteiger partial charge in [0, 0.05) is 11.1 Å². The number of aryl methyl sites for hydroxylation is 1. The highest BCUT2D eigenvalue weighted by atomic mass is 16.3. The first-order valence-electron chi connectivity index (χ1n) is 5.63. The van der Waals surface area contributed by atoms with Crippen LogP contribution in [0.2, 0.25) is 0 Å². The summed E-state index contributed by atoms with van der Waals surface area (Å²) in [4.78, 5) is 0. The molecular formula is C16H14O2. The second-order valence-electron chi connectivity index (χ2n) is 4.24. The molecule has 2 rings (SSSR count). The Labute approximate surface area is 107 Å². The fourth-order valence-corrected chi connectivity index (χ4v) is 1.94. The lowest BCUT2D eigenvalue weighted by Gasteiger charge is -2.24. The van der Waals surface area contributed by atoms with Gasteiger partial charge in [-0.3, -0.25) is 0 Å². The average molecular weight is 238 g/mol. The molecule has 1 unspecified atom stereocenters. The van der Waals surface area contributed by atoms with Crippen molar-refractivity contribution in [3.63, 3.8) is 0 Å². The van der Waals surface area contributed by atoms with Gasteiger partial charge in [0.1, 0.15) is 5.75 Å². The van der Waals surface area contributed by atoms with E-state index in [1.165, 1.54) is 6.07 Å². The van der Waals surface area contributed by atoms with Crippen LogP contribution in [0.5, 0.6) is 5.75 Å². The van der Waals surface area contributed by atoms with Gasteiger partial charge < -0.3 is 10.2 Å². The Hall–Kier alpha value is -2.24. The van der Waals surface area contributed by atoms with Crippen molar-refractivity contribution in [3.8, 4) is 18.1 Å². The van der Waals surface area contributed by atoms with E-state index < -0.39 is 5.60 Å². The molecule has 90 valence electrons. The van der Waals surface area contributed by atoms with Crippen molar-refractivity contribution < 1.29 is 10.2 Å². The van der Waals surface area contributed by atoms with E-state index in [0.29, 0.717) is 11.1 Å². The van der Waals surface area contributed by atoms with E-state index in [4.69, 9.17) is 6.42 Å². The number of hydrogen-bond acceptors (Lipinski definition) is 2. The third-order valence-corrected chi connectivity index (χ3v) is 2.94. The molecule has 2 aromatic carbocycles. The Morgan fingerprint density at radius 2 is 1.78 bits per heavy atom. The maximum atomic E-state index is 10.7. The molecule has 0 aromatic heterocycles. The van der Waals surface area contributed by atoms with Gasteiger partial charge in [0.05, 0.1) is 0 Å². The molecule has 2 nitrogen and oxygen atoms in total. The Morgan fingerprint density at radius 1 is 1.11 bits per heavy atom. The second-order valence-corrected chi connectivity index (χ2v) is 4.24. The minimum Gasteiger partial charge on any atom is -0.508 e. The molecule has 0 aliphatic heterocycles. The first kappa shape index (κ1) is 12.2. The van der Waals surface area contributed by atoms with Gasteiger partial charge in [-0.1, -0.05) is 47.9 Å². The predicted molar refractivity (Wildman–Crippen MR) is 71.1 cm³/mol. The van der Waals surface area contributed by atoms with Crippen molar-refractivity contribution in [1.82, 2.24) is 0 Å². The van der Waals surface area contributed by atoms with Gasteiger partial charge in [-0.25, -0.2) is 0 Å². The number of phenolic OH excluding ortho intramolecular Hbond substituents is 1. The van der Waals surface area contributed by atoms with Crippen LogP contribution in [0.3, 0.4) is 0 Å². The lowest BCUT2D eigenvalue weighted by atomic mass is 9.86. The summed E-state index contributed by atoms with van der Waals surface area (Å²) in [6.45, 7) is 1.88. The van der Waals surface area contributed by atoms with E-state index in [-0.39, 0.29) is 5.75 Å². The Morgan fingerprint density at radius 3 is 2.39 bits per heavy atom. The minimum absolute atomic E-state index is 0.00935. The highest BCUT2D eigenvalue weighted by molar-refractivity contribution is 5.50. The van der Waals surface area contributed by atoms with E-state index in [1.54, 1.807) is 36.4 Å². The zero-order valence-corrected chi connectivity index (χ0v) is 10.1. The topological polar surface area (TPSA) is 40.5 Å². The van der Waals surface area contributed by atoms with Crippen LogP contribution in [0.4, 0.5) is 0 Å². The molecule has 0 saturated carbocycles. The lowest BCUT2D eigenvalue weighted by molar-refractivity contribution is 0.142. The first-order chi connectivity index (χ1) is 8.58. The molecule has 0 saturated heterocycles. The summed E-state index contributed by atoms with van der Waals surface area (Å²) < 4.78 is 0. The normalized spacial score (nSPS) is 13.6. The average Bonchev–Trinajstić information content (AvgIpc) is 2.41. The van der Waals surface area contributed by atoms with Gasteiger partial charge in [-0.05, 0) is 19.1 Å². The van der Waals surface area contributed by atoms with Crippen LogP contribution in [0.25, 0.3) is 0 Å². The number of aliphatic hydroxyl groups is 1. The standard InChI is InChI=1S/C16H14O2/c1-3-16(18,13-7-5-4-6-8-13)14-11-12(2)9-10-15(14)17/h1,4-11,17-18H,2H3. The number of aromatic hydroxyl groups is 1. The van der Waals surface area contributed by atoms with Crippen LogP contribution >= 0.6 is 0 Å². The molecule has 0 amide bonds. The van der Waals surface area contributed by atoms with E-state index in [2.05, 4.69) is 5.92 Å². The molecule has 2 N–H and O–H groups in total. The van der Waals surface area contributed by atoms with Crippen LogP contribution < -0.4 is 0 Å². The van der Waals surface area contributed by atoms with Crippen LogP contribution in [0.15, 0.2) is 48.5 Å². The Balaban J connectivity index is 2.65. The summed E-state index contributed by atoms with van der Waals surface area (Å²) in [5, 5.41) is 20.6. The number of terminal acetylenes is 1. The smallest absolute Gasteiger partial charge is 0.180 e. The summed E-state index contributed by atoms with van der Waals surface area (Å²) in [7, 11) is 0. The molecule has 0 bridgehead atoms. The number of benzene rings is 2. The largest absolute Gasteiger partial charge is 0.508 e. The minimum atomic E-state index is -1.61. The molecule has 18 heavy (non-hydrogen) atoms. The summed E-state index contributed by atoms with van der Waals surface area (Å²) in [5.41, 5.74) is 0.203. The zero-order chi connectivity index (χ0) is 13.2. The Kier molecular flexibility index (Phi) is 3.10. The van der Waals surface area contributed by atoms with Crippen LogP contribution in [-0.4, -0.2) is 10.2 Å². The molecule has 0 aliphatic carbocycles. The SMILES string of the molecule is C#CC(O)(c1ccccc1)c1cc(C)ccc1O. The van der Waals surface area contributed by atoms with Crippen molar-refractivity contribution in [2.45, 2.75) is 12.5 Å². The first-order valence-corrected chi connectivity index (χ1v) is 5.63. The van der Waals surface area contributed by atoms with Crippen LogP contribution in [0.1, 0.15) is 16.7 Å². The second kappa shape index (κ2) is 4.56. The highest BCUT2D eigenvalue weighted by Crippen LogP contribution is 2.35. The molecule has 0 aliphatic rings. The van der Waals surface area contributed by atoms with Gasteiger partial charge in [-0.2, -0.15) is 0 Å². The summed E-state index contributed by atoms with van der Waals surface area (Å²) in [6.07, 6.45) is 5.48. The summed E-state index contributed by atoms with van der Waals surface area (Å²) in [5.74, 6) is 2.37. The van der Waals surface area contributed by atoms with Gasteiger partial charge >= 0.3 is 0 Å². The van der Waals surface area contributed by atoms with Crippen LogP contribution in [0, 0.1) is 19.3 Å². The maximum Gasteiger partial charge on any atom is 0.180 e. The van der Waals surface area contributed by atoms with E-state index in [1.807, 2.05) is 13.0 Å². The van der Waals surface area contributed by atoms with Crippen molar-refractivity contribution in [2.24, 2.45) is 0 Å². The van der Waals surface area contributed by atoms with E-state index >= 15 is 0 Å². The van der Waals surface area contributed by atoms with Crippen molar-refractivity contribution in [1.29, 1.82) is 0 Å². The number of phenols is 1. The fraction of sp³-hybridized carbons (Fsp3) is 0.125. The van der Waals surface area contributed by atoms with Gasteiger partial charge in [-0.15, -0.1) is 6.42 Å². The molecular weight excluding hydrogens is 224 g/mol. The number of rotatable bonds is 2. The van der Waals surface area contributed by atoms with E-state index in [0.717, 1.165) is 5.56 Å².